The van der Waals surface area contributed by atoms with Crippen molar-refractivity contribution in [2.75, 3.05) is 0 Å². The average molecular weight is 276 g/mol. The van der Waals surface area contributed by atoms with Gasteiger partial charge in [-0.15, -0.1) is 0 Å². The third-order valence-corrected chi connectivity index (χ3v) is 3.53. The maximum atomic E-state index is 12.3. The van der Waals surface area contributed by atoms with Gasteiger partial charge in [0.05, 0.1) is 5.56 Å². The normalized spacial score (nSPS) is 10.5. The van der Waals surface area contributed by atoms with Crippen molar-refractivity contribution in [1.29, 1.82) is 0 Å². The van der Waals surface area contributed by atoms with Crippen LogP contribution >= 0.6 is 0 Å². The first-order chi connectivity index (χ1) is 10.3. The van der Waals surface area contributed by atoms with Crippen LogP contribution in [0.5, 0.6) is 0 Å². The van der Waals surface area contributed by atoms with Crippen LogP contribution in [0.3, 0.4) is 0 Å². The van der Waals surface area contributed by atoms with E-state index in [4.69, 9.17) is 4.42 Å². The van der Waals surface area contributed by atoms with Crippen molar-refractivity contribution < 1.29 is 4.42 Å². The Hall–Kier alpha value is -2.61. The first-order valence-electron chi connectivity index (χ1n) is 7.07. The minimum atomic E-state index is -0.294. The molecule has 1 heterocycles. The van der Waals surface area contributed by atoms with Gasteiger partial charge in [0.25, 0.3) is 0 Å². The molecule has 0 saturated heterocycles. The largest absolute Gasteiger partial charge is 0.422 e. The molecule has 0 radical (unpaired) electrons. The van der Waals surface area contributed by atoms with E-state index in [1.54, 1.807) is 0 Å². The van der Waals surface area contributed by atoms with E-state index < -0.39 is 0 Å². The molecule has 0 atom stereocenters. The summed E-state index contributed by atoms with van der Waals surface area (Å²) in [6.45, 7) is 2.07. The summed E-state index contributed by atoms with van der Waals surface area (Å²) in [5.41, 5.74) is 3.19. The summed E-state index contributed by atoms with van der Waals surface area (Å²) in [6, 6.07) is 21.3. The molecule has 0 saturated carbocycles. The Morgan fingerprint density at radius 1 is 0.857 bits per heavy atom. The Morgan fingerprint density at radius 3 is 2.00 bits per heavy atom. The summed E-state index contributed by atoms with van der Waals surface area (Å²) in [7, 11) is 0. The number of hydrogen-bond donors (Lipinski definition) is 0. The Morgan fingerprint density at radius 2 is 1.43 bits per heavy atom. The van der Waals surface area contributed by atoms with Crippen LogP contribution in [0.15, 0.2) is 75.9 Å². The maximum Gasteiger partial charge on any atom is 0.344 e. The van der Waals surface area contributed by atoms with Crippen LogP contribution < -0.4 is 5.63 Å². The summed E-state index contributed by atoms with van der Waals surface area (Å²) in [6.07, 6.45) is 0.813. The van der Waals surface area contributed by atoms with Gasteiger partial charge < -0.3 is 4.42 Å². The van der Waals surface area contributed by atoms with Crippen LogP contribution in [0.2, 0.25) is 0 Å². The van der Waals surface area contributed by atoms with Gasteiger partial charge in [-0.1, -0.05) is 67.6 Å². The van der Waals surface area contributed by atoms with Crippen LogP contribution in [0, 0.1) is 0 Å². The minimum Gasteiger partial charge on any atom is -0.422 e. The van der Waals surface area contributed by atoms with E-state index in [9.17, 15) is 4.79 Å². The van der Waals surface area contributed by atoms with Crippen molar-refractivity contribution in [3.8, 4) is 22.5 Å². The maximum absolute atomic E-state index is 12.3. The summed E-state index contributed by atoms with van der Waals surface area (Å²) < 4.78 is 5.62. The fourth-order valence-corrected chi connectivity index (χ4v) is 2.43. The molecule has 0 bridgehead atoms. The van der Waals surface area contributed by atoms with E-state index in [1.807, 2.05) is 66.7 Å². The SMILES string of the molecule is CCc1cc(-c2ccccc2)c(=O)oc1-c1ccccc1. The summed E-state index contributed by atoms with van der Waals surface area (Å²) >= 11 is 0. The zero-order valence-electron chi connectivity index (χ0n) is 11.9. The quantitative estimate of drug-likeness (QED) is 0.703. The molecule has 2 heteroatoms. The molecule has 0 unspecified atom stereocenters. The van der Waals surface area contributed by atoms with Crippen molar-refractivity contribution in [2.45, 2.75) is 13.3 Å². The van der Waals surface area contributed by atoms with Gasteiger partial charge in [-0.25, -0.2) is 4.79 Å². The molecule has 0 fully saturated rings. The van der Waals surface area contributed by atoms with E-state index in [-0.39, 0.29) is 5.63 Å². The first-order valence-corrected chi connectivity index (χ1v) is 7.07. The third kappa shape index (κ3) is 2.65. The molecule has 1 aromatic heterocycles. The number of aryl methyl sites for hydroxylation is 1. The Bertz CT molecular complexity index is 787. The molecule has 0 aliphatic rings. The van der Waals surface area contributed by atoms with Crippen LogP contribution in [0.25, 0.3) is 22.5 Å². The lowest BCUT2D eigenvalue weighted by Crippen LogP contribution is -2.06. The lowest BCUT2D eigenvalue weighted by atomic mass is 10.0. The van der Waals surface area contributed by atoms with Crippen LogP contribution in [-0.4, -0.2) is 0 Å². The highest BCUT2D eigenvalue weighted by molar-refractivity contribution is 5.68. The predicted molar refractivity (Wildman–Crippen MR) is 85.2 cm³/mol. The topological polar surface area (TPSA) is 30.2 Å². The Balaban J connectivity index is 2.18. The van der Waals surface area contributed by atoms with Gasteiger partial charge in [0, 0.05) is 5.56 Å². The second-order valence-electron chi connectivity index (χ2n) is 4.89. The summed E-state index contributed by atoms with van der Waals surface area (Å²) in [5.74, 6) is 0.669. The second kappa shape index (κ2) is 5.80. The van der Waals surface area contributed by atoms with E-state index in [1.165, 1.54) is 0 Å². The fraction of sp³-hybridized carbons (Fsp3) is 0.105. The molecule has 0 aliphatic heterocycles. The molecular formula is C19H16O2. The molecule has 0 aliphatic carbocycles. The molecule has 2 nitrogen and oxygen atoms in total. The van der Waals surface area contributed by atoms with Gasteiger partial charge in [-0.3, -0.25) is 0 Å². The molecule has 0 amide bonds. The van der Waals surface area contributed by atoms with Crippen molar-refractivity contribution >= 4 is 0 Å². The van der Waals surface area contributed by atoms with E-state index in [0.717, 1.165) is 23.1 Å². The highest BCUT2D eigenvalue weighted by atomic mass is 16.4. The molecule has 2 aromatic carbocycles. The molecule has 3 aromatic rings. The smallest absolute Gasteiger partial charge is 0.344 e. The lowest BCUT2D eigenvalue weighted by molar-refractivity contribution is 0.522. The van der Waals surface area contributed by atoms with Crippen molar-refractivity contribution in [3.05, 3.63) is 82.7 Å². The molecule has 21 heavy (non-hydrogen) atoms. The predicted octanol–water partition coefficient (Wildman–Crippen LogP) is 4.54. The zero-order valence-corrected chi connectivity index (χ0v) is 11.9. The van der Waals surface area contributed by atoms with Gasteiger partial charge in [-0.2, -0.15) is 0 Å². The van der Waals surface area contributed by atoms with Crippen LogP contribution in [0.4, 0.5) is 0 Å². The highest BCUT2D eigenvalue weighted by Gasteiger charge is 2.12. The standard InChI is InChI=1S/C19H16O2/c1-2-14-13-17(15-9-5-3-6-10-15)19(20)21-18(14)16-11-7-4-8-12-16/h3-13H,2H2,1H3. The molecule has 104 valence electrons. The Labute approximate surface area is 123 Å². The summed E-state index contributed by atoms with van der Waals surface area (Å²) in [4.78, 5) is 12.3. The van der Waals surface area contributed by atoms with Gasteiger partial charge >= 0.3 is 5.63 Å². The average Bonchev–Trinajstić information content (AvgIpc) is 2.56. The first kappa shape index (κ1) is 13.4. The van der Waals surface area contributed by atoms with Gasteiger partial charge in [0.15, 0.2) is 0 Å². The highest BCUT2D eigenvalue weighted by Crippen LogP contribution is 2.26. The number of hydrogen-bond acceptors (Lipinski definition) is 2. The second-order valence-corrected chi connectivity index (χ2v) is 4.89. The van der Waals surface area contributed by atoms with E-state index in [0.29, 0.717) is 11.3 Å². The molecule has 3 rings (SSSR count). The van der Waals surface area contributed by atoms with Gasteiger partial charge in [0.1, 0.15) is 5.76 Å². The third-order valence-electron chi connectivity index (χ3n) is 3.53. The Kier molecular flexibility index (Phi) is 3.69. The van der Waals surface area contributed by atoms with Crippen LogP contribution in [0.1, 0.15) is 12.5 Å². The monoisotopic (exact) mass is 276 g/mol. The van der Waals surface area contributed by atoms with Gasteiger partial charge in [0.2, 0.25) is 0 Å². The zero-order chi connectivity index (χ0) is 14.7. The molecule has 0 N–H and O–H groups in total. The van der Waals surface area contributed by atoms with Crippen molar-refractivity contribution in [1.82, 2.24) is 0 Å². The minimum absolute atomic E-state index is 0.294. The lowest BCUT2D eigenvalue weighted by Gasteiger charge is -2.09. The van der Waals surface area contributed by atoms with Crippen molar-refractivity contribution in [2.24, 2.45) is 0 Å². The van der Waals surface area contributed by atoms with Crippen LogP contribution in [-0.2, 0) is 6.42 Å². The number of benzene rings is 2. The molecular weight excluding hydrogens is 260 g/mol. The van der Waals surface area contributed by atoms with E-state index in [2.05, 4.69) is 6.92 Å². The fourth-order valence-electron chi connectivity index (χ4n) is 2.43. The summed E-state index contributed by atoms with van der Waals surface area (Å²) in [5, 5.41) is 0. The van der Waals surface area contributed by atoms with E-state index >= 15 is 0 Å². The van der Waals surface area contributed by atoms with Crippen molar-refractivity contribution in [3.63, 3.8) is 0 Å². The number of rotatable bonds is 3. The van der Waals surface area contributed by atoms with Gasteiger partial charge in [-0.05, 0) is 23.6 Å². The molecule has 0 spiro atoms.